The Bertz CT molecular complexity index is 1570. The molecular formula is C29H27N5O3S. The van der Waals surface area contributed by atoms with Crippen molar-refractivity contribution in [1.29, 1.82) is 0 Å². The Hall–Kier alpha value is -4.08. The van der Waals surface area contributed by atoms with E-state index in [0.717, 1.165) is 32.1 Å². The van der Waals surface area contributed by atoms with Gasteiger partial charge in [0.2, 0.25) is 11.8 Å². The first-order valence-electron chi connectivity index (χ1n) is 12.5. The van der Waals surface area contributed by atoms with Crippen molar-refractivity contribution in [2.24, 2.45) is 0 Å². The molecule has 0 unspecified atom stereocenters. The monoisotopic (exact) mass is 525 g/mol. The number of thiazole rings is 1. The van der Waals surface area contributed by atoms with Crippen LogP contribution in [0.5, 0.6) is 5.75 Å². The van der Waals surface area contributed by atoms with E-state index in [0.29, 0.717) is 43.5 Å². The summed E-state index contributed by atoms with van der Waals surface area (Å²) in [6, 6.07) is 23.6. The fraction of sp³-hybridized carbons (Fsp3) is 0.241. The van der Waals surface area contributed by atoms with Crippen LogP contribution in [0.2, 0.25) is 0 Å². The summed E-state index contributed by atoms with van der Waals surface area (Å²) in [6.45, 7) is 4.42. The molecule has 0 spiro atoms. The second-order valence-corrected chi connectivity index (χ2v) is 10.3. The number of methoxy groups -OCH3 is 1. The fourth-order valence-electron chi connectivity index (χ4n) is 4.87. The number of carbonyl (C=O) groups excluding carboxylic acids is 1. The summed E-state index contributed by atoms with van der Waals surface area (Å²) in [5.41, 5.74) is 3.62. The molecule has 1 aliphatic heterocycles. The molecule has 1 fully saturated rings. The summed E-state index contributed by atoms with van der Waals surface area (Å²) in [4.78, 5) is 22.5. The minimum atomic E-state index is -0.143. The molecule has 0 N–H and O–H groups in total. The average Bonchev–Trinajstić information content (AvgIpc) is 3.59. The molecule has 9 heteroatoms. The van der Waals surface area contributed by atoms with E-state index in [1.54, 1.807) is 25.4 Å². The van der Waals surface area contributed by atoms with Crippen LogP contribution >= 0.6 is 11.3 Å². The van der Waals surface area contributed by atoms with Gasteiger partial charge in [0.1, 0.15) is 16.8 Å². The van der Waals surface area contributed by atoms with E-state index in [1.165, 1.54) is 0 Å². The SMILES string of the molecule is COc1ccc2nc(-c3cccc(C(=O)N4CCN([C@@H](c5ccccc5)c5nnc(C)o5)CC4)c3)sc2c1. The molecule has 3 heterocycles. The van der Waals surface area contributed by atoms with Crippen LogP contribution in [-0.4, -0.2) is 64.2 Å². The first-order valence-corrected chi connectivity index (χ1v) is 13.3. The minimum Gasteiger partial charge on any atom is -0.497 e. The van der Waals surface area contributed by atoms with Crippen LogP contribution in [0.1, 0.15) is 33.7 Å². The van der Waals surface area contributed by atoms with Crippen LogP contribution in [0.25, 0.3) is 20.8 Å². The summed E-state index contributed by atoms with van der Waals surface area (Å²) in [5, 5.41) is 9.24. The molecular weight excluding hydrogens is 498 g/mol. The predicted octanol–water partition coefficient (Wildman–Crippen LogP) is 5.21. The zero-order valence-corrected chi connectivity index (χ0v) is 22.0. The molecule has 0 bridgehead atoms. The normalized spacial score (nSPS) is 15.1. The standard InChI is InChI=1S/C29H27N5O3S/c1-19-31-32-27(37-19)26(20-7-4-3-5-8-20)33-13-15-34(16-14-33)29(35)22-10-6-9-21(17-22)28-30-24-12-11-23(36-2)18-25(24)38-28/h3-12,17-18,26H,13-16H2,1-2H3/t26-/m0/s1. The molecule has 38 heavy (non-hydrogen) atoms. The third-order valence-corrected chi connectivity index (χ3v) is 7.88. The molecule has 1 aliphatic rings. The van der Waals surface area contributed by atoms with Gasteiger partial charge in [-0.3, -0.25) is 9.69 Å². The molecule has 6 rings (SSSR count). The van der Waals surface area contributed by atoms with Gasteiger partial charge < -0.3 is 14.1 Å². The zero-order valence-electron chi connectivity index (χ0n) is 21.2. The third-order valence-electron chi connectivity index (χ3n) is 6.81. The first kappa shape index (κ1) is 24.3. The molecule has 3 aromatic carbocycles. The molecule has 1 amide bonds. The number of carbonyl (C=O) groups is 1. The molecule has 0 saturated carbocycles. The van der Waals surface area contributed by atoms with Gasteiger partial charge in [0.15, 0.2) is 0 Å². The van der Waals surface area contributed by atoms with E-state index >= 15 is 0 Å². The number of aryl methyl sites for hydroxylation is 1. The Morgan fingerprint density at radius 3 is 2.53 bits per heavy atom. The summed E-state index contributed by atoms with van der Waals surface area (Å²) in [5.74, 6) is 1.95. The number of hydrogen-bond acceptors (Lipinski definition) is 8. The quantitative estimate of drug-likeness (QED) is 0.301. The van der Waals surface area contributed by atoms with E-state index in [2.05, 4.69) is 27.2 Å². The molecule has 0 aliphatic carbocycles. The van der Waals surface area contributed by atoms with Crippen LogP contribution in [-0.2, 0) is 0 Å². The highest BCUT2D eigenvalue weighted by Crippen LogP contribution is 2.33. The number of nitrogens with zero attached hydrogens (tertiary/aromatic N) is 5. The van der Waals surface area contributed by atoms with Gasteiger partial charge >= 0.3 is 0 Å². The van der Waals surface area contributed by atoms with Crippen LogP contribution in [0, 0.1) is 6.92 Å². The van der Waals surface area contributed by atoms with E-state index in [9.17, 15) is 4.79 Å². The number of amides is 1. The Morgan fingerprint density at radius 1 is 0.974 bits per heavy atom. The van der Waals surface area contributed by atoms with Crippen LogP contribution < -0.4 is 4.74 Å². The fourth-order valence-corrected chi connectivity index (χ4v) is 5.86. The lowest BCUT2D eigenvalue weighted by Crippen LogP contribution is -2.50. The summed E-state index contributed by atoms with van der Waals surface area (Å²) in [6.07, 6.45) is 0. The van der Waals surface area contributed by atoms with Crippen molar-refractivity contribution < 1.29 is 13.9 Å². The maximum absolute atomic E-state index is 13.5. The van der Waals surface area contributed by atoms with Crippen molar-refractivity contribution in [3.63, 3.8) is 0 Å². The van der Waals surface area contributed by atoms with Gasteiger partial charge in [0.05, 0.1) is 17.3 Å². The molecule has 8 nitrogen and oxygen atoms in total. The van der Waals surface area contributed by atoms with E-state index in [4.69, 9.17) is 14.1 Å². The topological polar surface area (TPSA) is 84.6 Å². The number of benzene rings is 3. The number of aromatic nitrogens is 3. The molecule has 1 saturated heterocycles. The van der Waals surface area contributed by atoms with Crippen LogP contribution in [0.4, 0.5) is 0 Å². The highest BCUT2D eigenvalue weighted by atomic mass is 32.1. The molecule has 192 valence electrons. The molecule has 0 radical (unpaired) electrons. The second-order valence-electron chi connectivity index (χ2n) is 9.23. The van der Waals surface area contributed by atoms with E-state index < -0.39 is 0 Å². The van der Waals surface area contributed by atoms with Crippen molar-refractivity contribution in [3.05, 3.63) is 95.7 Å². The van der Waals surface area contributed by atoms with Crippen LogP contribution in [0.3, 0.4) is 0 Å². The number of hydrogen-bond donors (Lipinski definition) is 0. The highest BCUT2D eigenvalue weighted by Gasteiger charge is 2.31. The zero-order chi connectivity index (χ0) is 26.1. The van der Waals surface area contributed by atoms with Gasteiger partial charge in [-0.2, -0.15) is 0 Å². The van der Waals surface area contributed by atoms with E-state index in [-0.39, 0.29) is 11.9 Å². The predicted molar refractivity (Wildman–Crippen MR) is 146 cm³/mol. The highest BCUT2D eigenvalue weighted by molar-refractivity contribution is 7.21. The van der Waals surface area contributed by atoms with Gasteiger partial charge in [-0.05, 0) is 35.9 Å². The lowest BCUT2D eigenvalue weighted by atomic mass is 10.0. The van der Waals surface area contributed by atoms with Crippen molar-refractivity contribution in [2.45, 2.75) is 13.0 Å². The van der Waals surface area contributed by atoms with Crippen molar-refractivity contribution >= 4 is 27.5 Å². The smallest absolute Gasteiger partial charge is 0.253 e. The molecule has 1 atom stereocenters. The van der Waals surface area contributed by atoms with Crippen molar-refractivity contribution in [3.8, 4) is 16.3 Å². The maximum atomic E-state index is 13.5. The number of fused-ring (bicyclic) bond motifs is 1. The Balaban J connectivity index is 1.19. The summed E-state index contributed by atoms with van der Waals surface area (Å²) >= 11 is 1.59. The minimum absolute atomic E-state index is 0.0270. The Kier molecular flexibility index (Phi) is 6.61. The van der Waals surface area contributed by atoms with E-state index in [1.807, 2.05) is 65.6 Å². The Morgan fingerprint density at radius 2 is 1.79 bits per heavy atom. The summed E-state index contributed by atoms with van der Waals surface area (Å²) < 4.78 is 12.2. The number of rotatable bonds is 6. The van der Waals surface area contributed by atoms with Crippen LogP contribution in [0.15, 0.2) is 77.2 Å². The number of piperazine rings is 1. The van der Waals surface area contributed by atoms with Gasteiger partial charge in [0, 0.05) is 44.2 Å². The van der Waals surface area contributed by atoms with Gasteiger partial charge in [-0.1, -0.05) is 42.5 Å². The summed E-state index contributed by atoms with van der Waals surface area (Å²) in [7, 11) is 1.66. The van der Waals surface area contributed by atoms with Crippen molar-refractivity contribution in [1.82, 2.24) is 25.0 Å². The second kappa shape index (κ2) is 10.4. The Labute approximate surface area is 224 Å². The molecule has 5 aromatic rings. The van der Waals surface area contributed by atoms with Crippen molar-refractivity contribution in [2.75, 3.05) is 33.3 Å². The lowest BCUT2D eigenvalue weighted by molar-refractivity contribution is 0.0578. The van der Waals surface area contributed by atoms with Gasteiger partial charge in [-0.15, -0.1) is 21.5 Å². The average molecular weight is 526 g/mol. The first-order chi connectivity index (χ1) is 18.6. The number of ether oxygens (including phenoxy) is 1. The largest absolute Gasteiger partial charge is 0.497 e. The lowest BCUT2D eigenvalue weighted by Gasteiger charge is -2.38. The van der Waals surface area contributed by atoms with Gasteiger partial charge in [0.25, 0.3) is 5.91 Å². The molecule has 2 aromatic heterocycles. The maximum Gasteiger partial charge on any atom is 0.253 e. The van der Waals surface area contributed by atoms with Gasteiger partial charge in [-0.25, -0.2) is 4.98 Å². The third kappa shape index (κ3) is 4.78.